The van der Waals surface area contributed by atoms with E-state index in [-0.39, 0.29) is 5.91 Å². The van der Waals surface area contributed by atoms with Crippen molar-refractivity contribution in [3.63, 3.8) is 0 Å². The third-order valence-electron chi connectivity index (χ3n) is 5.47. The summed E-state index contributed by atoms with van der Waals surface area (Å²) in [5, 5.41) is 5.26. The van der Waals surface area contributed by atoms with Crippen LogP contribution in [0.3, 0.4) is 0 Å². The van der Waals surface area contributed by atoms with E-state index < -0.39 is 6.10 Å². The van der Waals surface area contributed by atoms with Crippen molar-refractivity contribution in [3.8, 4) is 5.75 Å². The van der Waals surface area contributed by atoms with Gasteiger partial charge in [-0.15, -0.1) is 0 Å². The normalized spacial score (nSPS) is 15.3. The molecule has 0 radical (unpaired) electrons. The predicted octanol–water partition coefficient (Wildman–Crippen LogP) is 4.52. The molecular weight excluding hydrogens is 360 g/mol. The zero-order chi connectivity index (χ0) is 20.1. The molecule has 0 aromatic heterocycles. The van der Waals surface area contributed by atoms with Gasteiger partial charge in [0.05, 0.1) is 0 Å². The quantitative estimate of drug-likeness (QED) is 0.647. The minimum Gasteiger partial charge on any atom is -0.481 e. The third kappa shape index (κ3) is 5.15. The molecule has 1 atom stereocenters. The molecule has 1 amide bonds. The Morgan fingerprint density at radius 2 is 1.72 bits per heavy atom. The van der Waals surface area contributed by atoms with Crippen molar-refractivity contribution in [2.45, 2.75) is 39.0 Å². The smallest absolute Gasteiger partial charge is 0.261 e. The number of benzene rings is 3. The highest BCUT2D eigenvalue weighted by Gasteiger charge is 2.15. The molecule has 1 unspecified atom stereocenters. The zero-order valence-corrected chi connectivity index (χ0v) is 16.9. The maximum absolute atomic E-state index is 12.5. The largest absolute Gasteiger partial charge is 0.481 e. The number of carbonyl (C=O) groups is 1. The summed E-state index contributed by atoms with van der Waals surface area (Å²) in [4.78, 5) is 15.0. The van der Waals surface area contributed by atoms with Gasteiger partial charge in [0.25, 0.3) is 5.91 Å². The molecule has 150 valence electrons. The van der Waals surface area contributed by atoms with E-state index in [4.69, 9.17) is 4.74 Å². The van der Waals surface area contributed by atoms with Crippen molar-refractivity contribution in [1.29, 1.82) is 0 Å². The summed E-state index contributed by atoms with van der Waals surface area (Å²) in [5.74, 6) is 0.599. The van der Waals surface area contributed by atoms with Crippen molar-refractivity contribution >= 4 is 16.7 Å². The fraction of sp³-hybridized carbons (Fsp3) is 0.320. The van der Waals surface area contributed by atoms with E-state index in [1.54, 1.807) is 6.92 Å². The van der Waals surface area contributed by atoms with E-state index in [2.05, 4.69) is 40.5 Å². The molecule has 4 nitrogen and oxygen atoms in total. The van der Waals surface area contributed by atoms with E-state index in [0.717, 1.165) is 22.9 Å². The summed E-state index contributed by atoms with van der Waals surface area (Å²) in [7, 11) is 0. The molecule has 0 aliphatic carbocycles. The molecule has 0 saturated carbocycles. The van der Waals surface area contributed by atoms with Gasteiger partial charge in [-0.25, -0.2) is 0 Å². The summed E-state index contributed by atoms with van der Waals surface area (Å²) in [6.45, 7) is 5.66. The number of rotatable bonds is 7. The maximum atomic E-state index is 12.5. The van der Waals surface area contributed by atoms with Gasteiger partial charge in [0.1, 0.15) is 5.75 Å². The predicted molar refractivity (Wildman–Crippen MR) is 117 cm³/mol. The van der Waals surface area contributed by atoms with Crippen LogP contribution in [0.15, 0.2) is 66.7 Å². The highest BCUT2D eigenvalue weighted by atomic mass is 16.5. The Bertz CT molecular complexity index is 979. The van der Waals surface area contributed by atoms with Gasteiger partial charge in [-0.05, 0) is 66.9 Å². The van der Waals surface area contributed by atoms with Gasteiger partial charge < -0.3 is 10.1 Å². The Hall–Kier alpha value is -2.85. The SMILES string of the molecule is CC(Oc1ccc2ccccc2c1)C(=O)NCc1cccc(CN2CCCC2)c1. The van der Waals surface area contributed by atoms with Crippen molar-refractivity contribution in [3.05, 3.63) is 77.9 Å². The number of nitrogens with zero attached hydrogens (tertiary/aromatic N) is 1. The molecule has 1 saturated heterocycles. The molecule has 1 heterocycles. The van der Waals surface area contributed by atoms with Gasteiger partial charge in [0.15, 0.2) is 6.10 Å². The average Bonchev–Trinajstić information content (AvgIpc) is 3.25. The van der Waals surface area contributed by atoms with Crippen LogP contribution in [0, 0.1) is 0 Å². The molecule has 0 bridgehead atoms. The lowest BCUT2D eigenvalue weighted by Crippen LogP contribution is -2.35. The third-order valence-corrected chi connectivity index (χ3v) is 5.47. The summed E-state index contributed by atoms with van der Waals surface area (Å²) in [6, 6.07) is 22.5. The first-order chi connectivity index (χ1) is 14.2. The van der Waals surface area contributed by atoms with Crippen LogP contribution in [0.25, 0.3) is 10.8 Å². The Kier molecular flexibility index (Phi) is 6.11. The lowest BCUT2D eigenvalue weighted by Gasteiger charge is -2.17. The molecule has 29 heavy (non-hydrogen) atoms. The maximum Gasteiger partial charge on any atom is 0.261 e. The summed E-state index contributed by atoms with van der Waals surface area (Å²) in [6.07, 6.45) is 2.04. The van der Waals surface area contributed by atoms with Crippen LogP contribution >= 0.6 is 0 Å². The molecule has 3 aromatic rings. The van der Waals surface area contributed by atoms with E-state index in [0.29, 0.717) is 12.3 Å². The highest BCUT2D eigenvalue weighted by Crippen LogP contribution is 2.21. The monoisotopic (exact) mass is 388 g/mol. The van der Waals surface area contributed by atoms with Gasteiger partial charge >= 0.3 is 0 Å². The van der Waals surface area contributed by atoms with Crippen LogP contribution in [-0.4, -0.2) is 30.0 Å². The second kappa shape index (κ2) is 9.10. The van der Waals surface area contributed by atoms with E-state index in [9.17, 15) is 4.79 Å². The highest BCUT2D eigenvalue weighted by molar-refractivity contribution is 5.84. The van der Waals surface area contributed by atoms with Crippen LogP contribution < -0.4 is 10.1 Å². The number of fused-ring (bicyclic) bond motifs is 1. The van der Waals surface area contributed by atoms with Gasteiger partial charge in [-0.2, -0.15) is 0 Å². The Balaban J connectivity index is 1.31. The molecule has 1 fully saturated rings. The number of ether oxygens (including phenoxy) is 1. The fourth-order valence-corrected chi connectivity index (χ4v) is 3.87. The number of hydrogen-bond acceptors (Lipinski definition) is 3. The topological polar surface area (TPSA) is 41.6 Å². The molecule has 1 N–H and O–H groups in total. The average molecular weight is 389 g/mol. The van der Waals surface area contributed by atoms with Crippen molar-refractivity contribution in [2.75, 3.05) is 13.1 Å². The molecule has 4 rings (SSSR count). The lowest BCUT2D eigenvalue weighted by atomic mass is 10.1. The summed E-state index contributed by atoms with van der Waals surface area (Å²) < 4.78 is 5.87. The Morgan fingerprint density at radius 1 is 0.966 bits per heavy atom. The first-order valence-electron chi connectivity index (χ1n) is 10.4. The first kappa shape index (κ1) is 19.5. The van der Waals surface area contributed by atoms with Crippen LogP contribution in [0.1, 0.15) is 30.9 Å². The van der Waals surface area contributed by atoms with Gasteiger partial charge in [-0.3, -0.25) is 9.69 Å². The second-order valence-electron chi connectivity index (χ2n) is 7.79. The number of amides is 1. The number of likely N-dealkylation sites (tertiary alicyclic amines) is 1. The molecule has 1 aliphatic rings. The minimum absolute atomic E-state index is 0.108. The molecule has 4 heteroatoms. The standard InChI is InChI=1S/C25H28N2O2/c1-19(29-24-12-11-22-9-2-3-10-23(22)16-24)25(28)26-17-20-7-6-8-21(15-20)18-27-13-4-5-14-27/h2-3,6-12,15-16,19H,4-5,13-14,17-18H2,1H3,(H,26,28). The minimum atomic E-state index is -0.552. The summed E-state index contributed by atoms with van der Waals surface area (Å²) in [5.41, 5.74) is 2.42. The summed E-state index contributed by atoms with van der Waals surface area (Å²) >= 11 is 0. The van der Waals surface area contributed by atoms with Gasteiger partial charge in [-0.1, -0.05) is 54.6 Å². The Labute approximate surface area is 172 Å². The van der Waals surface area contributed by atoms with E-state index >= 15 is 0 Å². The lowest BCUT2D eigenvalue weighted by molar-refractivity contribution is -0.127. The fourth-order valence-electron chi connectivity index (χ4n) is 3.87. The second-order valence-corrected chi connectivity index (χ2v) is 7.79. The van der Waals surface area contributed by atoms with Crippen LogP contribution in [-0.2, 0) is 17.9 Å². The van der Waals surface area contributed by atoms with Crippen molar-refractivity contribution < 1.29 is 9.53 Å². The molecule has 0 spiro atoms. The number of hydrogen-bond donors (Lipinski definition) is 1. The van der Waals surface area contributed by atoms with Crippen molar-refractivity contribution in [1.82, 2.24) is 10.2 Å². The van der Waals surface area contributed by atoms with E-state index in [1.807, 2.05) is 36.4 Å². The molecular formula is C25H28N2O2. The Morgan fingerprint density at radius 3 is 2.55 bits per heavy atom. The zero-order valence-electron chi connectivity index (χ0n) is 16.9. The first-order valence-corrected chi connectivity index (χ1v) is 10.4. The molecule has 1 aliphatic heterocycles. The van der Waals surface area contributed by atoms with Crippen LogP contribution in [0.2, 0.25) is 0 Å². The number of nitrogens with one attached hydrogen (secondary N) is 1. The van der Waals surface area contributed by atoms with Gasteiger partial charge in [0, 0.05) is 13.1 Å². The number of carbonyl (C=O) groups excluding carboxylic acids is 1. The van der Waals surface area contributed by atoms with Crippen molar-refractivity contribution in [2.24, 2.45) is 0 Å². The van der Waals surface area contributed by atoms with E-state index in [1.165, 1.54) is 31.5 Å². The van der Waals surface area contributed by atoms with Gasteiger partial charge in [0.2, 0.25) is 0 Å². The molecule has 3 aromatic carbocycles. The van der Waals surface area contributed by atoms with Crippen LogP contribution in [0.4, 0.5) is 0 Å². The van der Waals surface area contributed by atoms with Crippen LogP contribution in [0.5, 0.6) is 5.75 Å².